The third-order valence-corrected chi connectivity index (χ3v) is 4.04. The summed E-state index contributed by atoms with van der Waals surface area (Å²) >= 11 is 0. The van der Waals surface area contributed by atoms with Crippen molar-refractivity contribution in [3.63, 3.8) is 0 Å². The largest absolute Gasteiger partial charge is 0.324 e. The minimum atomic E-state index is 0.0806. The topological polar surface area (TPSA) is 35.6 Å². The van der Waals surface area contributed by atoms with Crippen LogP contribution in [0, 0.1) is 0 Å². The summed E-state index contributed by atoms with van der Waals surface area (Å²) in [5.74, 6) is 0.329. The van der Waals surface area contributed by atoms with Crippen LogP contribution in [0.5, 0.6) is 0 Å². The average Bonchev–Trinajstić information content (AvgIpc) is 2.72. The maximum atomic E-state index is 12.2. The molecule has 17 heavy (non-hydrogen) atoms. The lowest BCUT2D eigenvalue weighted by molar-refractivity contribution is -0.131. The number of carbonyl (C=O) groups is 1. The summed E-state index contributed by atoms with van der Waals surface area (Å²) in [5.41, 5.74) is 0. The van der Waals surface area contributed by atoms with E-state index in [1.165, 1.54) is 19.4 Å². The molecular formula is C13H25N3O. The SMILES string of the molecule is CCCC1NCN(C2CCCN(CC)C2)C1=O. The van der Waals surface area contributed by atoms with Crippen molar-refractivity contribution in [2.24, 2.45) is 0 Å². The number of hydrogen-bond acceptors (Lipinski definition) is 3. The second-order valence-corrected chi connectivity index (χ2v) is 5.20. The van der Waals surface area contributed by atoms with Crippen LogP contribution in [0.25, 0.3) is 0 Å². The van der Waals surface area contributed by atoms with E-state index in [0.29, 0.717) is 11.9 Å². The van der Waals surface area contributed by atoms with E-state index >= 15 is 0 Å². The first-order valence-electron chi connectivity index (χ1n) is 7.02. The summed E-state index contributed by atoms with van der Waals surface area (Å²) in [6.45, 7) is 8.45. The van der Waals surface area contributed by atoms with Crippen molar-refractivity contribution in [2.45, 2.75) is 51.6 Å². The van der Waals surface area contributed by atoms with Crippen LogP contribution in [0.2, 0.25) is 0 Å². The van der Waals surface area contributed by atoms with Crippen molar-refractivity contribution in [3.05, 3.63) is 0 Å². The predicted molar refractivity (Wildman–Crippen MR) is 68.7 cm³/mol. The van der Waals surface area contributed by atoms with Crippen LogP contribution >= 0.6 is 0 Å². The zero-order chi connectivity index (χ0) is 12.3. The number of piperidine rings is 1. The van der Waals surface area contributed by atoms with E-state index in [1.807, 2.05) is 0 Å². The predicted octanol–water partition coefficient (Wildman–Crippen LogP) is 1.03. The van der Waals surface area contributed by atoms with Crippen molar-refractivity contribution < 1.29 is 4.79 Å². The molecular weight excluding hydrogens is 214 g/mol. The highest BCUT2D eigenvalue weighted by atomic mass is 16.2. The number of likely N-dealkylation sites (tertiary alicyclic amines) is 1. The zero-order valence-electron chi connectivity index (χ0n) is 11.1. The Labute approximate surface area is 104 Å². The summed E-state index contributed by atoms with van der Waals surface area (Å²) < 4.78 is 0. The number of amides is 1. The van der Waals surface area contributed by atoms with Gasteiger partial charge in [0.2, 0.25) is 5.91 Å². The van der Waals surface area contributed by atoms with E-state index in [1.54, 1.807) is 0 Å². The molecule has 0 saturated carbocycles. The maximum absolute atomic E-state index is 12.2. The van der Waals surface area contributed by atoms with Crippen molar-refractivity contribution in [1.29, 1.82) is 0 Å². The minimum absolute atomic E-state index is 0.0806. The highest BCUT2D eigenvalue weighted by Crippen LogP contribution is 2.19. The van der Waals surface area contributed by atoms with Gasteiger partial charge in [-0.15, -0.1) is 0 Å². The molecule has 1 amide bonds. The summed E-state index contributed by atoms with van der Waals surface area (Å²) in [6, 6.07) is 0.516. The van der Waals surface area contributed by atoms with E-state index < -0.39 is 0 Å². The Hall–Kier alpha value is -0.610. The van der Waals surface area contributed by atoms with Gasteiger partial charge < -0.3 is 9.80 Å². The first-order valence-corrected chi connectivity index (χ1v) is 7.02. The Morgan fingerprint density at radius 1 is 1.41 bits per heavy atom. The third-order valence-electron chi connectivity index (χ3n) is 4.04. The first kappa shape index (κ1) is 12.8. The number of rotatable bonds is 4. The fraction of sp³-hybridized carbons (Fsp3) is 0.923. The van der Waals surface area contributed by atoms with Gasteiger partial charge in [-0.3, -0.25) is 10.1 Å². The maximum Gasteiger partial charge on any atom is 0.241 e. The van der Waals surface area contributed by atoms with Gasteiger partial charge in [0.05, 0.1) is 12.7 Å². The van der Waals surface area contributed by atoms with Gasteiger partial charge in [0.15, 0.2) is 0 Å². The molecule has 4 nitrogen and oxygen atoms in total. The molecule has 2 aliphatic rings. The highest BCUT2D eigenvalue weighted by Gasteiger charge is 2.36. The lowest BCUT2D eigenvalue weighted by atomic mass is 10.0. The van der Waals surface area contributed by atoms with Crippen LogP contribution < -0.4 is 5.32 Å². The molecule has 2 fully saturated rings. The summed E-state index contributed by atoms with van der Waals surface area (Å²) in [5, 5.41) is 3.35. The minimum Gasteiger partial charge on any atom is -0.324 e. The van der Waals surface area contributed by atoms with E-state index in [2.05, 4.69) is 29.0 Å². The molecule has 2 heterocycles. The third kappa shape index (κ3) is 2.80. The van der Waals surface area contributed by atoms with Crippen LogP contribution in [0.4, 0.5) is 0 Å². The van der Waals surface area contributed by atoms with Crippen LogP contribution in [0.1, 0.15) is 39.5 Å². The molecule has 0 radical (unpaired) electrons. The van der Waals surface area contributed by atoms with Gasteiger partial charge in [-0.05, 0) is 32.4 Å². The van der Waals surface area contributed by atoms with Gasteiger partial charge in [-0.2, -0.15) is 0 Å². The molecule has 0 aliphatic carbocycles. The Bertz CT molecular complexity index is 269. The number of carbonyl (C=O) groups excluding carboxylic acids is 1. The van der Waals surface area contributed by atoms with Crippen molar-refractivity contribution in [2.75, 3.05) is 26.3 Å². The average molecular weight is 239 g/mol. The van der Waals surface area contributed by atoms with Crippen LogP contribution in [-0.2, 0) is 4.79 Å². The summed E-state index contributed by atoms with van der Waals surface area (Å²) in [7, 11) is 0. The second kappa shape index (κ2) is 5.83. The quantitative estimate of drug-likeness (QED) is 0.796. The molecule has 98 valence electrons. The van der Waals surface area contributed by atoms with Gasteiger partial charge in [0.25, 0.3) is 0 Å². The van der Waals surface area contributed by atoms with Gasteiger partial charge in [0.1, 0.15) is 0 Å². The molecule has 0 bridgehead atoms. The Morgan fingerprint density at radius 2 is 2.24 bits per heavy atom. The molecule has 4 heteroatoms. The molecule has 1 N–H and O–H groups in total. The van der Waals surface area contributed by atoms with E-state index in [4.69, 9.17) is 0 Å². The normalized spacial score (nSPS) is 31.2. The Morgan fingerprint density at radius 3 is 2.94 bits per heavy atom. The van der Waals surface area contributed by atoms with E-state index in [0.717, 1.165) is 32.6 Å². The van der Waals surface area contributed by atoms with Crippen LogP contribution in [-0.4, -0.2) is 54.1 Å². The Balaban J connectivity index is 1.92. The van der Waals surface area contributed by atoms with Crippen LogP contribution in [0.3, 0.4) is 0 Å². The molecule has 0 aromatic rings. The molecule has 2 unspecified atom stereocenters. The van der Waals surface area contributed by atoms with Gasteiger partial charge in [0, 0.05) is 12.6 Å². The van der Waals surface area contributed by atoms with Gasteiger partial charge in [-0.25, -0.2) is 0 Å². The Kier molecular flexibility index (Phi) is 4.40. The van der Waals surface area contributed by atoms with Gasteiger partial charge >= 0.3 is 0 Å². The molecule has 0 spiro atoms. The molecule has 2 aliphatic heterocycles. The first-order chi connectivity index (χ1) is 8.26. The lowest BCUT2D eigenvalue weighted by Gasteiger charge is -2.36. The lowest BCUT2D eigenvalue weighted by Crippen LogP contribution is -2.49. The second-order valence-electron chi connectivity index (χ2n) is 5.20. The standard InChI is InChI=1S/C13H25N3O/c1-3-6-12-13(17)16(10-14-12)11-7-5-8-15(4-2)9-11/h11-12,14H,3-10H2,1-2H3. The summed E-state index contributed by atoms with van der Waals surface area (Å²) in [6.07, 6.45) is 4.44. The zero-order valence-corrected chi connectivity index (χ0v) is 11.1. The van der Waals surface area contributed by atoms with Crippen LogP contribution in [0.15, 0.2) is 0 Å². The number of nitrogens with one attached hydrogen (secondary N) is 1. The number of hydrogen-bond donors (Lipinski definition) is 1. The fourth-order valence-electron chi connectivity index (χ4n) is 2.97. The number of likely N-dealkylation sites (N-methyl/N-ethyl adjacent to an activating group) is 1. The van der Waals surface area contributed by atoms with Gasteiger partial charge in [-0.1, -0.05) is 20.3 Å². The fourth-order valence-corrected chi connectivity index (χ4v) is 2.97. The molecule has 0 aromatic heterocycles. The van der Waals surface area contributed by atoms with E-state index in [9.17, 15) is 4.79 Å². The monoisotopic (exact) mass is 239 g/mol. The number of nitrogens with zero attached hydrogens (tertiary/aromatic N) is 2. The van der Waals surface area contributed by atoms with E-state index in [-0.39, 0.29) is 6.04 Å². The smallest absolute Gasteiger partial charge is 0.241 e. The van der Waals surface area contributed by atoms with Crippen molar-refractivity contribution in [3.8, 4) is 0 Å². The molecule has 2 rings (SSSR count). The molecule has 2 atom stereocenters. The molecule has 0 aromatic carbocycles. The van der Waals surface area contributed by atoms with Crippen molar-refractivity contribution in [1.82, 2.24) is 15.1 Å². The summed E-state index contributed by atoms with van der Waals surface area (Å²) in [4.78, 5) is 16.8. The molecule has 2 saturated heterocycles. The highest BCUT2D eigenvalue weighted by molar-refractivity contribution is 5.84. The van der Waals surface area contributed by atoms with Crippen molar-refractivity contribution >= 4 is 5.91 Å².